The molecule has 1 aromatic rings. The third kappa shape index (κ3) is 2.13. The molecule has 0 aromatic carbocycles. The molecule has 0 fully saturated rings. The number of nitrogens with zero attached hydrogens (tertiary/aromatic N) is 3. The second kappa shape index (κ2) is 4.70. The average Bonchev–Trinajstić information content (AvgIpc) is 2.88. The van der Waals surface area contributed by atoms with Crippen LogP contribution in [0.25, 0.3) is 0 Å². The lowest BCUT2D eigenvalue weighted by Gasteiger charge is -2.20. The highest BCUT2D eigenvalue weighted by atomic mass is 19.3. The number of alkyl halides is 3. The molecule has 2 heterocycles. The maximum absolute atomic E-state index is 13.3. The maximum Gasteiger partial charge on any atom is 0.297 e. The van der Waals surface area contributed by atoms with Crippen molar-refractivity contribution in [3.63, 3.8) is 0 Å². The lowest BCUT2D eigenvalue weighted by atomic mass is 10.1. The summed E-state index contributed by atoms with van der Waals surface area (Å²) < 4.78 is 40.0. The molecule has 1 aliphatic rings. The number of Topliss-reactive ketones (excluding diaryl/α,β-unsaturated/α-hetero) is 1. The minimum Gasteiger partial charge on any atom is -0.291 e. The molecule has 0 spiro atoms. The van der Waals surface area contributed by atoms with E-state index in [1.807, 2.05) is 6.92 Å². The summed E-state index contributed by atoms with van der Waals surface area (Å²) >= 11 is 0. The first-order chi connectivity index (χ1) is 8.49. The van der Waals surface area contributed by atoms with Gasteiger partial charge >= 0.3 is 0 Å². The van der Waals surface area contributed by atoms with Gasteiger partial charge in [0, 0.05) is 12.8 Å². The van der Waals surface area contributed by atoms with Crippen LogP contribution in [0.3, 0.4) is 0 Å². The summed E-state index contributed by atoms with van der Waals surface area (Å²) in [5, 5.41) is 3.81. The predicted octanol–water partition coefficient (Wildman–Crippen LogP) is 2.35. The van der Waals surface area contributed by atoms with Crippen molar-refractivity contribution in [1.82, 2.24) is 14.8 Å². The number of hydrogen-bond donors (Lipinski definition) is 0. The quantitative estimate of drug-likeness (QED) is 0.764. The van der Waals surface area contributed by atoms with Gasteiger partial charge in [-0.05, 0) is 12.8 Å². The van der Waals surface area contributed by atoms with Crippen LogP contribution in [0, 0.1) is 0 Å². The van der Waals surface area contributed by atoms with Gasteiger partial charge in [-0.1, -0.05) is 6.92 Å². The summed E-state index contributed by atoms with van der Waals surface area (Å²) in [6.45, 7) is 0.108. The molecule has 1 unspecified atom stereocenters. The SMILES string of the molecule is CCCC(=O)c1nc2n(n1)C(C(F)(F)CF)CC2. The van der Waals surface area contributed by atoms with Crippen LogP contribution in [-0.4, -0.2) is 33.1 Å². The van der Waals surface area contributed by atoms with E-state index in [2.05, 4.69) is 10.1 Å². The standard InChI is InChI=1S/C11H14F3N3O/c1-2-3-7(18)10-15-9-5-4-8(17(9)16-10)11(13,14)6-12/h8H,2-6H2,1H3. The zero-order valence-corrected chi connectivity index (χ0v) is 10.00. The zero-order valence-electron chi connectivity index (χ0n) is 10.00. The highest BCUT2D eigenvalue weighted by Gasteiger charge is 2.45. The lowest BCUT2D eigenvalue weighted by molar-refractivity contribution is -0.0704. The number of hydrogen-bond acceptors (Lipinski definition) is 3. The summed E-state index contributed by atoms with van der Waals surface area (Å²) in [5.41, 5.74) is 0. The topological polar surface area (TPSA) is 47.8 Å². The van der Waals surface area contributed by atoms with Crippen molar-refractivity contribution in [2.45, 2.75) is 44.6 Å². The molecular weight excluding hydrogens is 247 g/mol. The van der Waals surface area contributed by atoms with Crippen molar-refractivity contribution in [3.05, 3.63) is 11.6 Å². The molecule has 1 aromatic heterocycles. The van der Waals surface area contributed by atoms with E-state index in [4.69, 9.17) is 0 Å². The number of rotatable bonds is 5. The molecule has 100 valence electrons. The van der Waals surface area contributed by atoms with E-state index in [0.29, 0.717) is 18.7 Å². The largest absolute Gasteiger partial charge is 0.297 e. The van der Waals surface area contributed by atoms with E-state index in [1.54, 1.807) is 0 Å². The Balaban J connectivity index is 2.26. The van der Waals surface area contributed by atoms with Gasteiger partial charge in [0.2, 0.25) is 11.6 Å². The second-order valence-corrected chi connectivity index (χ2v) is 4.42. The third-order valence-corrected chi connectivity index (χ3v) is 3.03. The van der Waals surface area contributed by atoms with Gasteiger partial charge in [0.1, 0.15) is 11.9 Å². The summed E-state index contributed by atoms with van der Waals surface area (Å²) in [6, 6.07) is -1.33. The minimum atomic E-state index is -3.45. The van der Waals surface area contributed by atoms with Gasteiger partial charge in [-0.3, -0.25) is 4.79 Å². The number of halogens is 3. The normalized spacial score (nSPS) is 19.0. The molecule has 0 aliphatic carbocycles. The zero-order chi connectivity index (χ0) is 13.3. The van der Waals surface area contributed by atoms with Gasteiger partial charge in [-0.25, -0.2) is 22.8 Å². The average molecular weight is 261 g/mol. The maximum atomic E-state index is 13.3. The first-order valence-electron chi connectivity index (χ1n) is 5.92. The fourth-order valence-electron chi connectivity index (χ4n) is 2.10. The Morgan fingerprint density at radius 3 is 2.89 bits per heavy atom. The van der Waals surface area contributed by atoms with Crippen LogP contribution in [0.2, 0.25) is 0 Å². The monoisotopic (exact) mass is 261 g/mol. The van der Waals surface area contributed by atoms with Gasteiger partial charge in [0.15, 0.2) is 6.67 Å². The molecule has 0 amide bonds. The van der Waals surface area contributed by atoms with Gasteiger partial charge in [-0.2, -0.15) is 0 Å². The molecular formula is C11H14F3N3O. The molecule has 0 radical (unpaired) electrons. The summed E-state index contributed by atoms with van der Waals surface area (Å²) in [7, 11) is 0. The van der Waals surface area contributed by atoms with Crippen molar-refractivity contribution >= 4 is 5.78 Å². The van der Waals surface area contributed by atoms with Crippen molar-refractivity contribution in [1.29, 1.82) is 0 Å². The van der Waals surface area contributed by atoms with Crippen molar-refractivity contribution in [3.8, 4) is 0 Å². The van der Waals surface area contributed by atoms with E-state index in [0.717, 1.165) is 4.68 Å². The summed E-state index contributed by atoms with van der Waals surface area (Å²) in [6.07, 6.45) is 1.33. The molecule has 1 aliphatic heterocycles. The first kappa shape index (κ1) is 13.0. The van der Waals surface area contributed by atoms with Gasteiger partial charge < -0.3 is 0 Å². The number of aromatic nitrogens is 3. The Labute approximate surface area is 102 Å². The second-order valence-electron chi connectivity index (χ2n) is 4.42. The molecule has 2 rings (SSSR count). The number of carbonyl (C=O) groups is 1. The van der Waals surface area contributed by atoms with E-state index >= 15 is 0 Å². The number of carbonyl (C=O) groups excluding carboxylic acids is 1. The molecule has 18 heavy (non-hydrogen) atoms. The van der Waals surface area contributed by atoms with Crippen molar-refractivity contribution in [2.24, 2.45) is 0 Å². The highest BCUT2D eigenvalue weighted by molar-refractivity contribution is 5.92. The van der Waals surface area contributed by atoms with E-state index < -0.39 is 18.6 Å². The molecule has 0 saturated heterocycles. The van der Waals surface area contributed by atoms with Crippen molar-refractivity contribution in [2.75, 3.05) is 6.67 Å². The fraction of sp³-hybridized carbons (Fsp3) is 0.727. The van der Waals surface area contributed by atoms with E-state index in [1.165, 1.54) is 0 Å². The molecule has 0 saturated carbocycles. The van der Waals surface area contributed by atoms with Crippen LogP contribution in [-0.2, 0) is 6.42 Å². The smallest absolute Gasteiger partial charge is 0.291 e. The highest BCUT2D eigenvalue weighted by Crippen LogP contribution is 2.37. The number of fused-ring (bicyclic) bond motifs is 1. The van der Waals surface area contributed by atoms with Crippen LogP contribution >= 0.6 is 0 Å². The van der Waals surface area contributed by atoms with Crippen LogP contribution < -0.4 is 0 Å². The summed E-state index contributed by atoms with van der Waals surface area (Å²) in [4.78, 5) is 15.5. The fourth-order valence-corrected chi connectivity index (χ4v) is 2.10. The molecule has 7 heteroatoms. The molecule has 1 atom stereocenters. The van der Waals surface area contributed by atoms with Crippen LogP contribution in [0.4, 0.5) is 13.2 Å². The molecule has 4 nitrogen and oxygen atoms in total. The Hall–Kier alpha value is -1.40. The van der Waals surface area contributed by atoms with E-state index in [-0.39, 0.29) is 24.4 Å². The van der Waals surface area contributed by atoms with Gasteiger partial charge in [0.05, 0.1) is 0 Å². The van der Waals surface area contributed by atoms with Crippen LogP contribution in [0.1, 0.15) is 48.7 Å². The Bertz CT molecular complexity index is 458. The Morgan fingerprint density at radius 2 is 2.28 bits per heavy atom. The predicted molar refractivity (Wildman–Crippen MR) is 57.5 cm³/mol. The lowest BCUT2D eigenvalue weighted by Crippen LogP contribution is -2.31. The summed E-state index contributed by atoms with van der Waals surface area (Å²) in [5.74, 6) is -3.41. The van der Waals surface area contributed by atoms with Crippen LogP contribution in [0.5, 0.6) is 0 Å². The Morgan fingerprint density at radius 1 is 1.56 bits per heavy atom. The van der Waals surface area contributed by atoms with Gasteiger partial charge in [0.25, 0.3) is 5.92 Å². The molecule has 0 N–H and O–H groups in total. The minimum absolute atomic E-state index is 0.0359. The number of ketones is 1. The van der Waals surface area contributed by atoms with Crippen molar-refractivity contribution < 1.29 is 18.0 Å². The first-order valence-corrected chi connectivity index (χ1v) is 5.92. The van der Waals surface area contributed by atoms with Gasteiger partial charge in [-0.15, -0.1) is 5.10 Å². The Kier molecular flexibility index (Phi) is 3.41. The van der Waals surface area contributed by atoms with E-state index in [9.17, 15) is 18.0 Å². The van der Waals surface area contributed by atoms with Crippen LogP contribution in [0.15, 0.2) is 0 Å². The number of aryl methyl sites for hydroxylation is 1. The third-order valence-electron chi connectivity index (χ3n) is 3.03. The molecule has 0 bridgehead atoms.